The second kappa shape index (κ2) is 3.98. The van der Waals surface area contributed by atoms with Crippen LogP contribution < -0.4 is 11.1 Å². The number of anilines is 1. The quantitative estimate of drug-likeness (QED) is 0.662. The fraction of sp³-hybridized carbons (Fsp3) is 0.455. The van der Waals surface area contributed by atoms with Crippen molar-refractivity contribution in [1.29, 1.82) is 0 Å². The Morgan fingerprint density at radius 3 is 3.00 bits per heavy atom. The molecular formula is C11H16N2O. The second-order valence-corrected chi connectivity index (χ2v) is 3.76. The highest BCUT2D eigenvalue weighted by atomic mass is 16.3. The summed E-state index contributed by atoms with van der Waals surface area (Å²) in [5.41, 5.74) is 7.85. The Balaban J connectivity index is 2.04. The number of fused-ring (bicyclic) bond motifs is 1. The van der Waals surface area contributed by atoms with Gasteiger partial charge in [-0.05, 0) is 31.0 Å². The van der Waals surface area contributed by atoms with Crippen LogP contribution in [0, 0.1) is 0 Å². The molecule has 14 heavy (non-hydrogen) atoms. The molecule has 0 radical (unpaired) electrons. The Hall–Kier alpha value is -1.06. The predicted molar refractivity (Wildman–Crippen MR) is 57.2 cm³/mol. The average molecular weight is 192 g/mol. The van der Waals surface area contributed by atoms with Gasteiger partial charge in [0.05, 0.1) is 12.1 Å². The molecule has 0 bridgehead atoms. The van der Waals surface area contributed by atoms with Crippen molar-refractivity contribution in [3.05, 3.63) is 29.8 Å². The van der Waals surface area contributed by atoms with Gasteiger partial charge >= 0.3 is 0 Å². The second-order valence-electron chi connectivity index (χ2n) is 3.76. The SMILES string of the molecule is NCCC(O)C1Cc2ccccc2N1. The van der Waals surface area contributed by atoms with Crippen LogP contribution in [0.3, 0.4) is 0 Å². The minimum Gasteiger partial charge on any atom is -0.391 e. The first-order chi connectivity index (χ1) is 6.81. The van der Waals surface area contributed by atoms with E-state index in [0.29, 0.717) is 13.0 Å². The molecule has 0 amide bonds. The van der Waals surface area contributed by atoms with Crippen LogP contribution in [0.15, 0.2) is 24.3 Å². The molecule has 0 aliphatic carbocycles. The van der Waals surface area contributed by atoms with Crippen molar-refractivity contribution >= 4 is 5.69 Å². The van der Waals surface area contributed by atoms with E-state index in [1.165, 1.54) is 5.56 Å². The van der Waals surface area contributed by atoms with E-state index in [2.05, 4.69) is 11.4 Å². The van der Waals surface area contributed by atoms with Gasteiger partial charge in [-0.2, -0.15) is 0 Å². The fourth-order valence-electron chi connectivity index (χ4n) is 1.93. The summed E-state index contributed by atoms with van der Waals surface area (Å²) in [5, 5.41) is 13.1. The van der Waals surface area contributed by atoms with Gasteiger partial charge in [-0.1, -0.05) is 18.2 Å². The van der Waals surface area contributed by atoms with Crippen molar-refractivity contribution in [1.82, 2.24) is 0 Å². The molecule has 0 saturated carbocycles. The van der Waals surface area contributed by atoms with Gasteiger partial charge in [-0.3, -0.25) is 0 Å². The highest BCUT2D eigenvalue weighted by Gasteiger charge is 2.25. The van der Waals surface area contributed by atoms with E-state index in [1.54, 1.807) is 0 Å². The third-order valence-corrected chi connectivity index (χ3v) is 2.72. The number of nitrogens with one attached hydrogen (secondary N) is 1. The summed E-state index contributed by atoms with van der Waals surface area (Å²) in [6.45, 7) is 0.537. The molecule has 1 aliphatic rings. The molecule has 4 N–H and O–H groups in total. The molecule has 1 aromatic rings. The van der Waals surface area contributed by atoms with Crippen LogP contribution in [0.4, 0.5) is 5.69 Å². The predicted octanol–water partition coefficient (Wildman–Crippen LogP) is 0.733. The van der Waals surface area contributed by atoms with Crippen LogP contribution in [-0.4, -0.2) is 23.8 Å². The Bertz CT molecular complexity index is 289. The highest BCUT2D eigenvalue weighted by Crippen LogP contribution is 2.26. The molecule has 1 aliphatic heterocycles. The number of nitrogens with two attached hydrogens (primary N) is 1. The van der Waals surface area contributed by atoms with Gasteiger partial charge < -0.3 is 16.2 Å². The number of rotatable bonds is 3. The number of aliphatic hydroxyl groups excluding tert-OH is 1. The normalized spacial score (nSPS) is 21.4. The molecule has 2 unspecified atom stereocenters. The van der Waals surface area contributed by atoms with Crippen molar-refractivity contribution in [3.8, 4) is 0 Å². The largest absolute Gasteiger partial charge is 0.391 e. The summed E-state index contributed by atoms with van der Waals surface area (Å²) < 4.78 is 0. The first kappa shape index (κ1) is 9.49. The number of hydrogen-bond donors (Lipinski definition) is 3. The lowest BCUT2D eigenvalue weighted by Crippen LogP contribution is -2.33. The Morgan fingerprint density at radius 2 is 2.29 bits per heavy atom. The zero-order chi connectivity index (χ0) is 9.97. The number of benzene rings is 1. The molecule has 2 rings (SSSR count). The molecule has 0 fully saturated rings. The maximum atomic E-state index is 9.78. The summed E-state index contributed by atoms with van der Waals surface area (Å²) in [7, 11) is 0. The van der Waals surface area contributed by atoms with E-state index in [4.69, 9.17) is 5.73 Å². The van der Waals surface area contributed by atoms with E-state index in [-0.39, 0.29) is 12.1 Å². The van der Waals surface area contributed by atoms with E-state index < -0.39 is 0 Å². The Morgan fingerprint density at radius 1 is 1.50 bits per heavy atom. The zero-order valence-corrected chi connectivity index (χ0v) is 8.11. The molecular weight excluding hydrogens is 176 g/mol. The van der Waals surface area contributed by atoms with Gasteiger partial charge in [0.15, 0.2) is 0 Å². The van der Waals surface area contributed by atoms with Gasteiger partial charge in [-0.25, -0.2) is 0 Å². The van der Waals surface area contributed by atoms with Crippen LogP contribution in [0.2, 0.25) is 0 Å². The van der Waals surface area contributed by atoms with E-state index in [1.807, 2.05) is 18.2 Å². The first-order valence-electron chi connectivity index (χ1n) is 5.04. The van der Waals surface area contributed by atoms with Crippen molar-refractivity contribution in [2.45, 2.75) is 25.0 Å². The lowest BCUT2D eigenvalue weighted by atomic mass is 10.0. The number of aliphatic hydroxyl groups is 1. The molecule has 2 atom stereocenters. The third-order valence-electron chi connectivity index (χ3n) is 2.72. The van der Waals surface area contributed by atoms with Crippen molar-refractivity contribution in [2.75, 3.05) is 11.9 Å². The van der Waals surface area contributed by atoms with Crippen molar-refractivity contribution in [2.24, 2.45) is 5.73 Å². The minimum absolute atomic E-state index is 0.135. The standard InChI is InChI=1S/C11H16N2O/c12-6-5-11(14)10-7-8-3-1-2-4-9(8)13-10/h1-4,10-11,13-14H,5-7,12H2. The minimum atomic E-state index is -0.340. The highest BCUT2D eigenvalue weighted by molar-refractivity contribution is 5.56. The molecule has 0 spiro atoms. The Kier molecular flexibility index (Phi) is 2.70. The van der Waals surface area contributed by atoms with E-state index >= 15 is 0 Å². The number of para-hydroxylation sites is 1. The topological polar surface area (TPSA) is 58.3 Å². The monoisotopic (exact) mass is 192 g/mol. The average Bonchev–Trinajstić information content (AvgIpc) is 2.61. The maximum Gasteiger partial charge on any atom is 0.0756 e. The molecule has 1 aromatic carbocycles. The van der Waals surface area contributed by atoms with E-state index in [9.17, 15) is 5.11 Å². The summed E-state index contributed by atoms with van der Waals surface area (Å²) in [6.07, 6.45) is 1.22. The smallest absolute Gasteiger partial charge is 0.0756 e. The van der Waals surface area contributed by atoms with Crippen LogP contribution in [-0.2, 0) is 6.42 Å². The van der Waals surface area contributed by atoms with Crippen molar-refractivity contribution < 1.29 is 5.11 Å². The summed E-state index contributed by atoms with van der Waals surface area (Å²) in [6, 6.07) is 8.31. The van der Waals surface area contributed by atoms with Gasteiger partial charge in [0.2, 0.25) is 0 Å². The number of hydrogen-bond acceptors (Lipinski definition) is 3. The van der Waals surface area contributed by atoms with Gasteiger partial charge in [0.25, 0.3) is 0 Å². The molecule has 3 heteroatoms. The molecule has 3 nitrogen and oxygen atoms in total. The van der Waals surface area contributed by atoms with E-state index in [0.717, 1.165) is 12.1 Å². The van der Waals surface area contributed by atoms with Crippen molar-refractivity contribution in [3.63, 3.8) is 0 Å². The van der Waals surface area contributed by atoms with Crippen LogP contribution >= 0.6 is 0 Å². The molecule has 1 heterocycles. The van der Waals surface area contributed by atoms with Crippen LogP contribution in [0.5, 0.6) is 0 Å². The van der Waals surface area contributed by atoms with Crippen LogP contribution in [0.25, 0.3) is 0 Å². The lowest BCUT2D eigenvalue weighted by molar-refractivity contribution is 0.147. The zero-order valence-electron chi connectivity index (χ0n) is 8.11. The molecule has 76 valence electrons. The van der Waals surface area contributed by atoms with Gasteiger partial charge in [0, 0.05) is 5.69 Å². The maximum absolute atomic E-state index is 9.78. The summed E-state index contributed by atoms with van der Waals surface area (Å²) in [4.78, 5) is 0. The van der Waals surface area contributed by atoms with Gasteiger partial charge in [-0.15, -0.1) is 0 Å². The summed E-state index contributed by atoms with van der Waals surface area (Å²) in [5.74, 6) is 0. The fourth-order valence-corrected chi connectivity index (χ4v) is 1.93. The van der Waals surface area contributed by atoms with Crippen LogP contribution in [0.1, 0.15) is 12.0 Å². The summed E-state index contributed by atoms with van der Waals surface area (Å²) >= 11 is 0. The van der Waals surface area contributed by atoms with Gasteiger partial charge in [0.1, 0.15) is 0 Å². The molecule has 0 saturated heterocycles. The Labute approximate surface area is 83.9 Å². The lowest BCUT2D eigenvalue weighted by Gasteiger charge is -2.17. The first-order valence-corrected chi connectivity index (χ1v) is 5.04. The molecule has 0 aromatic heterocycles. The third kappa shape index (κ3) is 1.74.